The van der Waals surface area contributed by atoms with Gasteiger partial charge in [0.05, 0.1) is 11.7 Å². The molecule has 0 aliphatic carbocycles. The number of nitrogens with zero attached hydrogens (tertiary/aromatic N) is 3. The highest BCUT2D eigenvalue weighted by molar-refractivity contribution is 5.94. The van der Waals surface area contributed by atoms with E-state index in [1.807, 2.05) is 56.3 Å². The van der Waals surface area contributed by atoms with Gasteiger partial charge in [-0.15, -0.1) is 0 Å². The fourth-order valence-corrected chi connectivity index (χ4v) is 3.98. The first-order valence-electron chi connectivity index (χ1n) is 9.99. The summed E-state index contributed by atoms with van der Waals surface area (Å²) >= 11 is 0. The van der Waals surface area contributed by atoms with E-state index < -0.39 is 0 Å². The number of aryl methyl sites for hydroxylation is 2. The minimum Gasteiger partial charge on any atom is -0.345 e. The van der Waals surface area contributed by atoms with Crippen molar-refractivity contribution in [2.45, 2.75) is 46.1 Å². The zero-order valence-electron chi connectivity index (χ0n) is 17.2. The first kappa shape index (κ1) is 20.1. The lowest BCUT2D eigenvalue weighted by atomic mass is 9.90. The van der Waals surface area contributed by atoms with Crippen LogP contribution in [0.2, 0.25) is 0 Å². The van der Waals surface area contributed by atoms with Gasteiger partial charge in [-0.3, -0.25) is 14.3 Å². The molecule has 1 aromatic heterocycles. The van der Waals surface area contributed by atoms with Crippen molar-refractivity contribution in [2.75, 3.05) is 13.1 Å². The zero-order chi connectivity index (χ0) is 20.3. The molecule has 1 atom stereocenters. The molecule has 1 N–H and O–H groups in total. The lowest BCUT2D eigenvalue weighted by molar-refractivity contribution is -0.130. The van der Waals surface area contributed by atoms with E-state index in [9.17, 15) is 9.59 Å². The maximum absolute atomic E-state index is 12.6. The van der Waals surface area contributed by atoms with Crippen molar-refractivity contribution in [1.29, 1.82) is 0 Å². The Morgan fingerprint density at radius 3 is 2.39 bits per heavy atom. The van der Waals surface area contributed by atoms with Crippen molar-refractivity contribution in [3.63, 3.8) is 0 Å². The molecule has 1 aliphatic heterocycles. The molecule has 0 radical (unpaired) electrons. The lowest BCUT2D eigenvalue weighted by Crippen LogP contribution is -2.37. The molecule has 2 amide bonds. The average Bonchev–Trinajstić information content (AvgIpc) is 3.01. The number of hydrogen-bond acceptors (Lipinski definition) is 3. The van der Waals surface area contributed by atoms with Crippen molar-refractivity contribution in [3.05, 3.63) is 52.8 Å². The van der Waals surface area contributed by atoms with Crippen LogP contribution < -0.4 is 5.32 Å². The highest BCUT2D eigenvalue weighted by Crippen LogP contribution is 2.22. The summed E-state index contributed by atoms with van der Waals surface area (Å²) in [4.78, 5) is 25.9. The van der Waals surface area contributed by atoms with Gasteiger partial charge >= 0.3 is 0 Å². The Balaban J connectivity index is 1.54. The summed E-state index contributed by atoms with van der Waals surface area (Å²) in [6.07, 6.45) is 5.04. The van der Waals surface area contributed by atoms with Gasteiger partial charge in [0, 0.05) is 44.4 Å². The van der Waals surface area contributed by atoms with E-state index in [2.05, 4.69) is 10.4 Å². The van der Waals surface area contributed by atoms with Crippen molar-refractivity contribution in [1.82, 2.24) is 20.0 Å². The second-order valence-corrected chi connectivity index (χ2v) is 7.89. The summed E-state index contributed by atoms with van der Waals surface area (Å²) in [5.41, 5.74) is 3.88. The fourth-order valence-electron chi connectivity index (χ4n) is 3.98. The predicted molar refractivity (Wildman–Crippen MR) is 109 cm³/mol. The molecule has 0 bridgehead atoms. The van der Waals surface area contributed by atoms with E-state index in [1.54, 1.807) is 11.6 Å². The number of piperidine rings is 1. The molecular formula is C22H30N4O2. The van der Waals surface area contributed by atoms with Gasteiger partial charge in [-0.25, -0.2) is 0 Å². The summed E-state index contributed by atoms with van der Waals surface area (Å²) in [7, 11) is 1.88. The lowest BCUT2D eigenvalue weighted by Gasteiger charge is -2.31. The van der Waals surface area contributed by atoms with Gasteiger partial charge in [0.1, 0.15) is 0 Å². The molecule has 1 aliphatic rings. The van der Waals surface area contributed by atoms with Crippen molar-refractivity contribution < 1.29 is 9.59 Å². The molecule has 28 heavy (non-hydrogen) atoms. The van der Waals surface area contributed by atoms with Crippen LogP contribution in [0.15, 0.2) is 30.5 Å². The summed E-state index contributed by atoms with van der Waals surface area (Å²) in [6.45, 7) is 7.27. The first-order valence-corrected chi connectivity index (χ1v) is 9.99. The Bertz CT molecular complexity index is 833. The van der Waals surface area contributed by atoms with E-state index in [0.29, 0.717) is 11.5 Å². The highest BCUT2D eigenvalue weighted by Gasteiger charge is 2.21. The quantitative estimate of drug-likeness (QED) is 0.864. The van der Waals surface area contributed by atoms with Crippen molar-refractivity contribution in [3.8, 4) is 0 Å². The maximum Gasteiger partial charge on any atom is 0.251 e. The van der Waals surface area contributed by atoms with Gasteiger partial charge in [-0.05, 0) is 56.7 Å². The number of aromatic nitrogens is 2. The minimum absolute atomic E-state index is 0.0722. The molecule has 1 saturated heterocycles. The molecule has 3 rings (SSSR count). The van der Waals surface area contributed by atoms with Crippen LogP contribution in [0.3, 0.4) is 0 Å². The number of rotatable bonds is 5. The largest absolute Gasteiger partial charge is 0.345 e. The normalized spacial score (nSPS) is 16.1. The van der Waals surface area contributed by atoms with E-state index in [-0.39, 0.29) is 17.9 Å². The average molecular weight is 383 g/mol. The summed E-state index contributed by atoms with van der Waals surface area (Å²) in [6, 6.07) is 7.81. The van der Waals surface area contributed by atoms with Crippen molar-refractivity contribution in [2.24, 2.45) is 13.0 Å². The third kappa shape index (κ3) is 4.80. The Labute approximate surface area is 166 Å². The zero-order valence-corrected chi connectivity index (χ0v) is 17.2. The van der Waals surface area contributed by atoms with Gasteiger partial charge < -0.3 is 10.2 Å². The van der Waals surface area contributed by atoms with Crippen molar-refractivity contribution >= 4 is 11.8 Å². The molecule has 1 fully saturated rings. The van der Waals surface area contributed by atoms with E-state index in [4.69, 9.17) is 0 Å². The summed E-state index contributed by atoms with van der Waals surface area (Å²) in [5, 5.41) is 7.39. The standard InChI is InChI=1S/C22H30N4O2/c1-15(21-14-25(4)24-16(21)2)23-22(28)20-7-5-18(6-8-20)13-19-9-11-26(12-10-19)17(3)27/h5-8,14-15,19H,9-13H2,1-4H3,(H,23,28). The number of benzene rings is 1. The van der Waals surface area contributed by atoms with Crippen LogP contribution in [0, 0.1) is 12.8 Å². The van der Waals surface area contributed by atoms with Gasteiger partial charge in [0.2, 0.25) is 5.91 Å². The number of amides is 2. The van der Waals surface area contributed by atoms with Crippen LogP contribution in [-0.2, 0) is 18.3 Å². The van der Waals surface area contributed by atoms with Crippen LogP contribution in [0.1, 0.15) is 59.9 Å². The van der Waals surface area contributed by atoms with Gasteiger partial charge in [0.15, 0.2) is 0 Å². The first-order chi connectivity index (χ1) is 13.3. The smallest absolute Gasteiger partial charge is 0.251 e. The van der Waals surface area contributed by atoms with Gasteiger partial charge in [0.25, 0.3) is 5.91 Å². The molecular weight excluding hydrogens is 352 g/mol. The molecule has 2 heterocycles. The van der Waals surface area contributed by atoms with E-state index in [1.165, 1.54) is 5.56 Å². The van der Waals surface area contributed by atoms with Crippen LogP contribution in [0.4, 0.5) is 0 Å². The number of hydrogen-bond donors (Lipinski definition) is 1. The molecule has 6 nitrogen and oxygen atoms in total. The molecule has 0 saturated carbocycles. The Kier molecular flexibility index (Phi) is 6.17. The van der Waals surface area contributed by atoms with Crippen LogP contribution in [0.5, 0.6) is 0 Å². The molecule has 1 aromatic carbocycles. The number of carbonyl (C=O) groups is 2. The second-order valence-electron chi connectivity index (χ2n) is 7.89. The molecule has 0 spiro atoms. The van der Waals surface area contributed by atoms with E-state index in [0.717, 1.165) is 43.6 Å². The van der Waals surface area contributed by atoms with Gasteiger partial charge in [-0.1, -0.05) is 12.1 Å². The van der Waals surface area contributed by atoms with Gasteiger partial charge in [-0.2, -0.15) is 5.10 Å². The third-order valence-electron chi connectivity index (χ3n) is 5.67. The SMILES string of the molecule is CC(=O)N1CCC(Cc2ccc(C(=O)NC(C)c3cn(C)nc3C)cc2)CC1. The van der Waals surface area contributed by atoms with E-state index >= 15 is 0 Å². The molecule has 2 aromatic rings. The third-order valence-corrected chi connectivity index (χ3v) is 5.67. The Hall–Kier alpha value is -2.63. The summed E-state index contributed by atoms with van der Waals surface area (Å²) in [5.74, 6) is 0.699. The maximum atomic E-state index is 12.6. The Morgan fingerprint density at radius 2 is 1.86 bits per heavy atom. The second kappa shape index (κ2) is 8.59. The fraction of sp³-hybridized carbons (Fsp3) is 0.500. The number of nitrogens with one attached hydrogen (secondary N) is 1. The molecule has 6 heteroatoms. The number of carbonyl (C=O) groups excluding carboxylic acids is 2. The highest BCUT2D eigenvalue weighted by atomic mass is 16.2. The monoisotopic (exact) mass is 382 g/mol. The van der Waals surface area contributed by atoms with Crippen LogP contribution in [-0.4, -0.2) is 39.6 Å². The molecule has 150 valence electrons. The topological polar surface area (TPSA) is 67.2 Å². The predicted octanol–water partition coefficient (Wildman–Crippen LogP) is 3.02. The Morgan fingerprint density at radius 1 is 1.21 bits per heavy atom. The van der Waals surface area contributed by atoms with Crippen LogP contribution in [0.25, 0.3) is 0 Å². The van der Waals surface area contributed by atoms with Crippen LogP contribution >= 0.6 is 0 Å². The molecule has 1 unspecified atom stereocenters. The summed E-state index contributed by atoms with van der Waals surface area (Å²) < 4.78 is 1.77. The number of likely N-dealkylation sites (tertiary alicyclic amines) is 1. The minimum atomic E-state index is -0.0904.